The molecule has 1 atom stereocenters. The van der Waals surface area contributed by atoms with Crippen LogP contribution in [-0.4, -0.2) is 24.0 Å². The molecule has 0 saturated heterocycles. The molecular formula is C18H15ClF2O4. The van der Waals surface area contributed by atoms with Crippen LogP contribution in [0.4, 0.5) is 8.78 Å². The lowest BCUT2D eigenvalue weighted by Gasteiger charge is -2.18. The van der Waals surface area contributed by atoms with Crippen LogP contribution < -0.4 is 4.74 Å². The van der Waals surface area contributed by atoms with Crippen LogP contribution in [0, 0.1) is 11.6 Å². The number of ketones is 1. The van der Waals surface area contributed by atoms with Crippen molar-refractivity contribution in [1.29, 1.82) is 0 Å². The number of hydrogen-bond donors (Lipinski definition) is 1. The van der Waals surface area contributed by atoms with Gasteiger partial charge in [0.25, 0.3) is 0 Å². The van der Waals surface area contributed by atoms with Gasteiger partial charge in [-0.2, -0.15) is 0 Å². The molecule has 2 rings (SSSR count). The van der Waals surface area contributed by atoms with Crippen LogP contribution in [0.5, 0.6) is 5.75 Å². The van der Waals surface area contributed by atoms with Gasteiger partial charge in [0.2, 0.25) is 0 Å². The van der Waals surface area contributed by atoms with Gasteiger partial charge in [0, 0.05) is 17.4 Å². The van der Waals surface area contributed by atoms with Gasteiger partial charge in [-0.3, -0.25) is 9.59 Å². The number of ether oxygens (including phenoxy) is 1. The fraction of sp³-hybridized carbons (Fsp3) is 0.222. The lowest BCUT2D eigenvalue weighted by atomic mass is 9.86. The first-order valence-electron chi connectivity index (χ1n) is 7.38. The summed E-state index contributed by atoms with van der Waals surface area (Å²) in [6, 6.07) is 7.59. The highest BCUT2D eigenvalue weighted by atomic mass is 35.5. The van der Waals surface area contributed by atoms with Crippen LogP contribution in [0.25, 0.3) is 0 Å². The van der Waals surface area contributed by atoms with Gasteiger partial charge in [-0.25, -0.2) is 8.78 Å². The van der Waals surface area contributed by atoms with Gasteiger partial charge in [-0.05, 0) is 42.3 Å². The number of rotatable bonds is 7. The van der Waals surface area contributed by atoms with Crippen molar-refractivity contribution in [3.8, 4) is 5.75 Å². The molecule has 0 spiro atoms. The first kappa shape index (κ1) is 18.9. The second kappa shape index (κ2) is 8.07. The Hall–Kier alpha value is -2.47. The van der Waals surface area contributed by atoms with E-state index in [2.05, 4.69) is 0 Å². The van der Waals surface area contributed by atoms with E-state index in [0.717, 1.165) is 18.2 Å². The Morgan fingerprint density at radius 2 is 1.84 bits per heavy atom. The minimum absolute atomic E-state index is 0.158. The third kappa shape index (κ3) is 4.33. The van der Waals surface area contributed by atoms with Crippen molar-refractivity contribution in [3.05, 3.63) is 64.2 Å². The summed E-state index contributed by atoms with van der Waals surface area (Å²) in [5.41, 5.74) is -0.452. The van der Waals surface area contributed by atoms with Crippen molar-refractivity contribution >= 4 is 23.4 Å². The molecule has 0 aliphatic carbocycles. The number of hydrogen-bond acceptors (Lipinski definition) is 3. The summed E-state index contributed by atoms with van der Waals surface area (Å²) in [6.07, 6.45) is -0.519. The number of Topliss-reactive ketones (excluding diaryl/α,β-unsaturated/α-hetero) is 1. The van der Waals surface area contributed by atoms with E-state index in [-0.39, 0.29) is 23.4 Å². The number of aliphatic carboxylic acids is 1. The molecule has 0 aromatic heterocycles. The molecule has 0 radical (unpaired) electrons. The molecule has 132 valence electrons. The number of benzene rings is 2. The molecule has 0 aliphatic heterocycles. The van der Waals surface area contributed by atoms with E-state index in [1.165, 1.54) is 19.2 Å². The first-order valence-corrected chi connectivity index (χ1v) is 7.76. The molecule has 0 amide bonds. The Kier molecular flexibility index (Phi) is 6.09. The molecule has 4 nitrogen and oxygen atoms in total. The summed E-state index contributed by atoms with van der Waals surface area (Å²) in [6.45, 7) is 0. The Balaban J connectivity index is 2.53. The molecule has 25 heavy (non-hydrogen) atoms. The topological polar surface area (TPSA) is 63.6 Å². The quantitative estimate of drug-likeness (QED) is 0.733. The molecule has 0 heterocycles. The van der Waals surface area contributed by atoms with E-state index in [4.69, 9.17) is 21.4 Å². The monoisotopic (exact) mass is 368 g/mol. The molecule has 2 aromatic carbocycles. The van der Waals surface area contributed by atoms with E-state index in [1.54, 1.807) is 6.07 Å². The van der Waals surface area contributed by atoms with Crippen LogP contribution in [0.3, 0.4) is 0 Å². The fourth-order valence-electron chi connectivity index (χ4n) is 2.52. The molecule has 2 aromatic rings. The van der Waals surface area contributed by atoms with Gasteiger partial charge < -0.3 is 9.84 Å². The highest BCUT2D eigenvalue weighted by Gasteiger charge is 2.29. The lowest BCUT2D eigenvalue weighted by Crippen LogP contribution is -2.18. The third-order valence-electron chi connectivity index (χ3n) is 3.75. The molecule has 0 bridgehead atoms. The van der Waals surface area contributed by atoms with E-state index >= 15 is 0 Å². The van der Waals surface area contributed by atoms with Crippen molar-refractivity contribution in [2.24, 2.45) is 0 Å². The number of carboxylic acids is 1. The number of methoxy groups -OCH3 is 1. The molecular weight excluding hydrogens is 354 g/mol. The number of carbonyl (C=O) groups excluding carboxylic acids is 1. The van der Waals surface area contributed by atoms with Crippen LogP contribution in [0.15, 0.2) is 36.4 Å². The van der Waals surface area contributed by atoms with Gasteiger partial charge in [0.05, 0.1) is 12.7 Å². The summed E-state index contributed by atoms with van der Waals surface area (Å²) >= 11 is 6.13. The van der Waals surface area contributed by atoms with Crippen molar-refractivity contribution in [2.75, 3.05) is 7.11 Å². The van der Waals surface area contributed by atoms with Crippen LogP contribution >= 0.6 is 11.6 Å². The summed E-state index contributed by atoms with van der Waals surface area (Å²) in [7, 11) is 1.41. The number of halogens is 3. The molecule has 7 heteroatoms. The third-order valence-corrected chi connectivity index (χ3v) is 4.10. The van der Waals surface area contributed by atoms with Gasteiger partial charge >= 0.3 is 5.97 Å². The van der Waals surface area contributed by atoms with E-state index in [1.807, 2.05) is 0 Å². The van der Waals surface area contributed by atoms with E-state index in [0.29, 0.717) is 5.75 Å². The van der Waals surface area contributed by atoms with Gasteiger partial charge in [-0.15, -0.1) is 0 Å². The molecule has 1 N–H and O–H groups in total. The zero-order valence-corrected chi connectivity index (χ0v) is 14.0. The Labute approximate surface area is 148 Å². The number of carbonyl (C=O) groups is 2. The second-order valence-corrected chi connectivity index (χ2v) is 5.74. The molecule has 0 saturated carbocycles. The van der Waals surface area contributed by atoms with E-state index < -0.39 is 34.9 Å². The number of carboxylic acid groups (broad SMARTS) is 1. The average Bonchev–Trinajstić information content (AvgIpc) is 2.56. The van der Waals surface area contributed by atoms with E-state index in [9.17, 15) is 18.4 Å². The zero-order chi connectivity index (χ0) is 18.6. The van der Waals surface area contributed by atoms with Crippen LogP contribution in [0.2, 0.25) is 5.02 Å². The highest BCUT2D eigenvalue weighted by molar-refractivity contribution is 6.31. The Bertz CT molecular complexity index is 787. The van der Waals surface area contributed by atoms with Crippen molar-refractivity contribution in [2.45, 2.75) is 18.8 Å². The Morgan fingerprint density at radius 1 is 1.20 bits per heavy atom. The smallest absolute Gasteiger partial charge is 0.303 e. The Morgan fingerprint density at radius 3 is 2.40 bits per heavy atom. The van der Waals surface area contributed by atoms with Gasteiger partial charge in [0.1, 0.15) is 17.4 Å². The maximum atomic E-state index is 14.0. The predicted octanol–water partition coefficient (Wildman–Crippen LogP) is 4.46. The minimum Gasteiger partial charge on any atom is -0.497 e. The van der Waals surface area contributed by atoms with Gasteiger partial charge in [0.15, 0.2) is 5.78 Å². The van der Waals surface area contributed by atoms with Crippen molar-refractivity contribution in [1.82, 2.24) is 0 Å². The summed E-state index contributed by atoms with van der Waals surface area (Å²) in [5.74, 6) is -4.75. The molecule has 0 aliphatic rings. The SMILES string of the molecule is COc1ccc(Cl)c(C(CCC(=O)O)C(=O)c2c(F)cccc2F)c1. The average molecular weight is 369 g/mol. The lowest BCUT2D eigenvalue weighted by molar-refractivity contribution is -0.137. The fourth-order valence-corrected chi connectivity index (χ4v) is 2.77. The largest absolute Gasteiger partial charge is 0.497 e. The summed E-state index contributed by atoms with van der Waals surface area (Å²) in [4.78, 5) is 23.7. The standard InChI is InChI=1S/C18H15ClF2O4/c1-25-10-5-7-13(19)12(9-10)11(6-8-16(22)23)18(24)17-14(20)3-2-4-15(17)21/h2-5,7,9,11H,6,8H2,1H3,(H,22,23). The molecule has 1 unspecified atom stereocenters. The summed E-state index contributed by atoms with van der Waals surface area (Å²) in [5, 5.41) is 9.11. The van der Waals surface area contributed by atoms with Crippen LogP contribution in [-0.2, 0) is 4.79 Å². The highest BCUT2D eigenvalue weighted by Crippen LogP contribution is 2.34. The predicted molar refractivity (Wildman–Crippen MR) is 88.3 cm³/mol. The van der Waals surface area contributed by atoms with Gasteiger partial charge in [-0.1, -0.05) is 17.7 Å². The van der Waals surface area contributed by atoms with Crippen molar-refractivity contribution < 1.29 is 28.2 Å². The van der Waals surface area contributed by atoms with Crippen molar-refractivity contribution in [3.63, 3.8) is 0 Å². The normalized spacial score (nSPS) is 11.8. The second-order valence-electron chi connectivity index (χ2n) is 5.33. The van der Waals surface area contributed by atoms with Crippen LogP contribution in [0.1, 0.15) is 34.7 Å². The summed E-state index contributed by atoms with van der Waals surface area (Å²) < 4.78 is 33.1. The zero-order valence-electron chi connectivity index (χ0n) is 13.3. The first-order chi connectivity index (χ1) is 11.8. The molecule has 0 fully saturated rings. The maximum Gasteiger partial charge on any atom is 0.303 e. The maximum absolute atomic E-state index is 14.0. The minimum atomic E-state index is -1.13.